The first-order chi connectivity index (χ1) is 15.8. The maximum absolute atomic E-state index is 15.2. The van der Waals surface area contributed by atoms with Crippen LogP contribution in [0.2, 0.25) is 0 Å². The number of hydrogen-bond acceptors (Lipinski definition) is 6. The van der Waals surface area contributed by atoms with E-state index in [-0.39, 0.29) is 12.3 Å². The highest BCUT2D eigenvalue weighted by molar-refractivity contribution is 7.92. The summed E-state index contributed by atoms with van der Waals surface area (Å²) in [7, 11) is -3.79. The number of aliphatic hydroxyl groups excluding tert-OH is 1. The Labute approximate surface area is 190 Å². The van der Waals surface area contributed by atoms with Crippen molar-refractivity contribution in [1.82, 2.24) is 4.98 Å². The molecule has 2 aromatic carbocycles. The summed E-state index contributed by atoms with van der Waals surface area (Å²) in [6.07, 6.45) is 0.394. The number of pyridine rings is 1. The van der Waals surface area contributed by atoms with Crippen molar-refractivity contribution >= 4 is 32.9 Å². The highest BCUT2D eigenvalue weighted by atomic mass is 32.2. The number of rotatable bonds is 8. The van der Waals surface area contributed by atoms with Crippen LogP contribution in [0.1, 0.15) is 36.5 Å². The van der Waals surface area contributed by atoms with Gasteiger partial charge >= 0.3 is 0 Å². The van der Waals surface area contributed by atoms with Gasteiger partial charge in [-0.15, -0.1) is 0 Å². The van der Waals surface area contributed by atoms with Gasteiger partial charge in [0.05, 0.1) is 35.0 Å². The molecule has 10 heteroatoms. The van der Waals surface area contributed by atoms with Gasteiger partial charge in [-0.25, -0.2) is 22.2 Å². The Morgan fingerprint density at radius 2 is 1.94 bits per heavy atom. The zero-order valence-corrected chi connectivity index (χ0v) is 18.7. The molecule has 2 unspecified atom stereocenters. The molecule has 0 spiro atoms. The van der Waals surface area contributed by atoms with Gasteiger partial charge < -0.3 is 15.7 Å². The second kappa shape index (κ2) is 9.32. The molecule has 1 aromatic heterocycles. The van der Waals surface area contributed by atoms with Crippen molar-refractivity contribution in [2.24, 2.45) is 0 Å². The van der Waals surface area contributed by atoms with E-state index in [4.69, 9.17) is 0 Å². The molecular formula is C23H24F2N4O3S. The average molecular weight is 475 g/mol. The second-order valence-corrected chi connectivity index (χ2v) is 9.67. The van der Waals surface area contributed by atoms with Gasteiger partial charge in [0.25, 0.3) is 0 Å². The number of nitrogens with zero attached hydrogens (tertiary/aromatic N) is 1. The summed E-state index contributed by atoms with van der Waals surface area (Å²) < 4.78 is 56.1. The molecule has 0 aliphatic carbocycles. The summed E-state index contributed by atoms with van der Waals surface area (Å²) >= 11 is 0. The van der Waals surface area contributed by atoms with Crippen LogP contribution in [0.3, 0.4) is 0 Å². The SMILES string of the molecule is CCCS(=O)(=O)Nc1ccc(F)c(C(O)C2CNc3ncc(Nc4ccccc4)cc32)c1F. The second-order valence-electron chi connectivity index (χ2n) is 7.83. The van der Waals surface area contributed by atoms with Crippen LogP contribution in [0.4, 0.5) is 31.7 Å². The van der Waals surface area contributed by atoms with Gasteiger partial charge in [-0.05, 0) is 36.8 Å². The van der Waals surface area contributed by atoms with Crippen LogP contribution in [0, 0.1) is 11.6 Å². The van der Waals surface area contributed by atoms with Crippen molar-refractivity contribution in [2.75, 3.05) is 27.7 Å². The molecule has 4 rings (SSSR count). The number of anilines is 4. The summed E-state index contributed by atoms with van der Waals surface area (Å²) in [5.41, 5.74) is 1.10. The van der Waals surface area contributed by atoms with Crippen molar-refractivity contribution in [2.45, 2.75) is 25.4 Å². The fraction of sp³-hybridized carbons (Fsp3) is 0.261. The Hall–Kier alpha value is -3.24. The summed E-state index contributed by atoms with van der Waals surface area (Å²) in [6, 6.07) is 13.1. The molecule has 1 aliphatic rings. The van der Waals surface area contributed by atoms with Crippen LogP contribution in [-0.4, -0.2) is 30.8 Å². The standard InChI is InChI=1S/C23H24F2N4O3S/c1-2-10-33(31,32)29-19-9-8-18(24)20(21(19)25)22(30)17-13-27-23-16(17)11-15(12-26-23)28-14-6-4-3-5-7-14/h3-9,11-12,17,22,28-30H,2,10,13H2,1H3,(H,26,27). The van der Waals surface area contributed by atoms with Crippen molar-refractivity contribution in [1.29, 1.82) is 0 Å². The molecule has 33 heavy (non-hydrogen) atoms. The van der Waals surface area contributed by atoms with E-state index in [1.807, 2.05) is 30.3 Å². The number of nitrogens with one attached hydrogen (secondary N) is 3. The number of aliphatic hydroxyl groups is 1. The third kappa shape index (κ3) is 4.91. The zero-order chi connectivity index (χ0) is 23.6. The van der Waals surface area contributed by atoms with Crippen LogP contribution in [0.15, 0.2) is 54.7 Å². The lowest BCUT2D eigenvalue weighted by Gasteiger charge is -2.21. The first kappa shape index (κ1) is 22.9. The van der Waals surface area contributed by atoms with Gasteiger partial charge in [-0.1, -0.05) is 25.1 Å². The minimum atomic E-state index is -3.79. The summed E-state index contributed by atoms with van der Waals surface area (Å²) in [5.74, 6) is -2.49. The Morgan fingerprint density at radius 1 is 1.18 bits per heavy atom. The molecular weight excluding hydrogens is 450 g/mol. The molecule has 0 radical (unpaired) electrons. The fourth-order valence-electron chi connectivity index (χ4n) is 3.87. The number of aromatic nitrogens is 1. The smallest absolute Gasteiger partial charge is 0.232 e. The van der Waals surface area contributed by atoms with Crippen molar-refractivity contribution in [3.8, 4) is 0 Å². The van der Waals surface area contributed by atoms with Crippen LogP contribution < -0.4 is 15.4 Å². The number of para-hydroxylation sites is 1. The van der Waals surface area contributed by atoms with Gasteiger partial charge in [0.15, 0.2) is 5.82 Å². The number of sulfonamides is 1. The Balaban J connectivity index is 1.64. The van der Waals surface area contributed by atoms with Gasteiger partial charge in [0.1, 0.15) is 11.6 Å². The molecule has 174 valence electrons. The van der Waals surface area contributed by atoms with E-state index in [0.29, 0.717) is 23.5 Å². The molecule has 2 heterocycles. The molecule has 0 fully saturated rings. The van der Waals surface area contributed by atoms with Gasteiger partial charge in [-0.3, -0.25) is 4.72 Å². The van der Waals surface area contributed by atoms with E-state index in [2.05, 4.69) is 20.3 Å². The normalized spacial score (nSPS) is 16.1. The molecule has 4 N–H and O–H groups in total. The summed E-state index contributed by atoms with van der Waals surface area (Å²) in [5, 5.41) is 17.2. The van der Waals surface area contributed by atoms with E-state index in [1.54, 1.807) is 19.2 Å². The lowest BCUT2D eigenvalue weighted by Crippen LogP contribution is -2.20. The Morgan fingerprint density at radius 3 is 2.67 bits per heavy atom. The van der Waals surface area contributed by atoms with Gasteiger partial charge in [0.2, 0.25) is 10.0 Å². The summed E-state index contributed by atoms with van der Waals surface area (Å²) in [4.78, 5) is 4.35. The third-order valence-electron chi connectivity index (χ3n) is 5.41. The number of fused-ring (bicyclic) bond motifs is 1. The van der Waals surface area contributed by atoms with E-state index in [1.165, 1.54) is 0 Å². The molecule has 3 aromatic rings. The zero-order valence-electron chi connectivity index (χ0n) is 17.8. The first-order valence-electron chi connectivity index (χ1n) is 10.5. The molecule has 0 saturated carbocycles. The van der Waals surface area contributed by atoms with Crippen LogP contribution >= 0.6 is 0 Å². The number of hydrogen-bond donors (Lipinski definition) is 4. The lowest BCUT2D eigenvalue weighted by molar-refractivity contribution is 0.143. The molecule has 0 amide bonds. The minimum absolute atomic E-state index is 0.204. The summed E-state index contributed by atoms with van der Waals surface area (Å²) in [6.45, 7) is 1.89. The Bertz CT molecular complexity index is 1260. The number of benzene rings is 2. The Kier molecular flexibility index (Phi) is 6.48. The number of halogens is 2. The molecule has 2 atom stereocenters. The van der Waals surface area contributed by atoms with E-state index in [0.717, 1.165) is 17.8 Å². The molecule has 0 bridgehead atoms. The van der Waals surface area contributed by atoms with E-state index < -0.39 is 44.9 Å². The van der Waals surface area contributed by atoms with Crippen LogP contribution in [-0.2, 0) is 10.0 Å². The maximum Gasteiger partial charge on any atom is 0.232 e. The topological polar surface area (TPSA) is 103 Å². The largest absolute Gasteiger partial charge is 0.387 e. The monoisotopic (exact) mass is 474 g/mol. The van der Waals surface area contributed by atoms with Crippen LogP contribution in [0.5, 0.6) is 0 Å². The quantitative estimate of drug-likeness (QED) is 0.383. The van der Waals surface area contributed by atoms with Crippen LogP contribution in [0.25, 0.3) is 0 Å². The first-order valence-corrected chi connectivity index (χ1v) is 12.2. The van der Waals surface area contributed by atoms with E-state index >= 15 is 4.39 Å². The predicted octanol–water partition coefficient (Wildman–Crippen LogP) is 4.50. The fourth-order valence-corrected chi connectivity index (χ4v) is 5.01. The predicted molar refractivity (Wildman–Crippen MR) is 124 cm³/mol. The van der Waals surface area contributed by atoms with E-state index in [9.17, 15) is 17.9 Å². The van der Waals surface area contributed by atoms with Crippen molar-refractivity contribution < 1.29 is 22.3 Å². The molecule has 7 nitrogen and oxygen atoms in total. The third-order valence-corrected chi connectivity index (χ3v) is 6.89. The lowest BCUT2D eigenvalue weighted by atomic mass is 9.90. The molecule has 1 aliphatic heterocycles. The highest BCUT2D eigenvalue weighted by Gasteiger charge is 2.35. The van der Waals surface area contributed by atoms with Gasteiger partial charge in [0, 0.05) is 23.7 Å². The van der Waals surface area contributed by atoms with Gasteiger partial charge in [-0.2, -0.15) is 0 Å². The highest BCUT2D eigenvalue weighted by Crippen LogP contribution is 2.42. The molecule has 0 saturated heterocycles. The maximum atomic E-state index is 15.2. The average Bonchev–Trinajstić information content (AvgIpc) is 3.20. The van der Waals surface area contributed by atoms with Crippen molar-refractivity contribution in [3.63, 3.8) is 0 Å². The van der Waals surface area contributed by atoms with Crippen molar-refractivity contribution in [3.05, 3.63) is 77.5 Å². The minimum Gasteiger partial charge on any atom is -0.387 e.